The Hall–Kier alpha value is -1.55. The van der Waals surface area contributed by atoms with E-state index in [2.05, 4.69) is 6.07 Å². The summed E-state index contributed by atoms with van der Waals surface area (Å²) in [5.74, 6) is 0.794. The topological polar surface area (TPSA) is 55.6 Å². The van der Waals surface area contributed by atoms with Gasteiger partial charge in [0.15, 0.2) is 6.61 Å². The van der Waals surface area contributed by atoms with Crippen molar-refractivity contribution in [2.24, 2.45) is 5.73 Å². The number of aryl methyl sites for hydroxylation is 1. The number of carbonyl (C=O) groups excluding carboxylic acids is 1. The first-order valence-corrected chi connectivity index (χ1v) is 7.42. The summed E-state index contributed by atoms with van der Waals surface area (Å²) < 4.78 is 5.62. The number of likely N-dealkylation sites (N-methyl/N-ethyl adjacent to an activating group) is 1. The molecule has 0 radical (unpaired) electrons. The van der Waals surface area contributed by atoms with Crippen LogP contribution in [0.5, 0.6) is 5.75 Å². The highest BCUT2D eigenvalue weighted by Crippen LogP contribution is 2.25. The molecule has 110 valence electrons. The second kappa shape index (κ2) is 6.75. The molecule has 20 heavy (non-hydrogen) atoms. The highest BCUT2D eigenvalue weighted by molar-refractivity contribution is 5.77. The molecule has 1 atom stereocenters. The molecule has 0 fully saturated rings. The fraction of sp³-hybridized carbons (Fsp3) is 0.562. The number of benzene rings is 1. The van der Waals surface area contributed by atoms with Crippen LogP contribution in [0.15, 0.2) is 18.2 Å². The van der Waals surface area contributed by atoms with Gasteiger partial charge in [0.2, 0.25) is 0 Å². The molecule has 0 aliphatic heterocycles. The van der Waals surface area contributed by atoms with Gasteiger partial charge in [-0.15, -0.1) is 0 Å². The van der Waals surface area contributed by atoms with E-state index >= 15 is 0 Å². The Morgan fingerprint density at radius 3 is 2.80 bits per heavy atom. The molecule has 1 aliphatic carbocycles. The highest BCUT2D eigenvalue weighted by atomic mass is 16.5. The smallest absolute Gasteiger partial charge is 0.260 e. The van der Waals surface area contributed by atoms with E-state index in [1.165, 1.54) is 11.1 Å². The zero-order chi connectivity index (χ0) is 14.5. The van der Waals surface area contributed by atoms with Crippen molar-refractivity contribution in [3.8, 4) is 5.75 Å². The molecule has 0 aromatic heterocycles. The van der Waals surface area contributed by atoms with Crippen molar-refractivity contribution in [3.05, 3.63) is 29.3 Å². The number of amides is 1. The van der Waals surface area contributed by atoms with E-state index in [1.54, 1.807) is 4.90 Å². The maximum atomic E-state index is 11.9. The number of rotatable bonds is 5. The van der Waals surface area contributed by atoms with Gasteiger partial charge in [0.05, 0.1) is 0 Å². The maximum absolute atomic E-state index is 11.9. The number of nitrogens with two attached hydrogens (primary N) is 1. The van der Waals surface area contributed by atoms with Gasteiger partial charge in [0.25, 0.3) is 5.91 Å². The van der Waals surface area contributed by atoms with Crippen molar-refractivity contribution >= 4 is 5.91 Å². The first kappa shape index (κ1) is 14.9. The molecule has 0 unspecified atom stereocenters. The lowest BCUT2D eigenvalue weighted by Crippen LogP contribution is -2.34. The van der Waals surface area contributed by atoms with Crippen LogP contribution in [0.2, 0.25) is 0 Å². The maximum Gasteiger partial charge on any atom is 0.260 e. The standard InChI is InChI=1S/C16H24N2O2/c1-3-18(4-2)16(19)11-20-15-8-6-12-5-7-14(17)9-13(12)10-15/h6,8,10,14H,3-5,7,9,11,17H2,1-2H3/t14-/m0/s1. The predicted molar refractivity (Wildman–Crippen MR) is 79.9 cm³/mol. The second-order valence-corrected chi connectivity index (χ2v) is 5.29. The van der Waals surface area contributed by atoms with E-state index in [0.29, 0.717) is 0 Å². The van der Waals surface area contributed by atoms with Gasteiger partial charge in [-0.25, -0.2) is 0 Å². The van der Waals surface area contributed by atoms with Gasteiger partial charge in [-0.05, 0) is 56.4 Å². The van der Waals surface area contributed by atoms with Crippen molar-refractivity contribution in [2.45, 2.75) is 39.2 Å². The minimum absolute atomic E-state index is 0.0319. The molecule has 1 aliphatic rings. The number of carbonyl (C=O) groups is 1. The molecule has 0 bridgehead atoms. The predicted octanol–water partition coefficient (Wildman–Crippen LogP) is 1.75. The SMILES string of the molecule is CCN(CC)C(=O)COc1ccc2c(c1)C[C@@H](N)CC2. The number of hydrogen-bond acceptors (Lipinski definition) is 3. The van der Waals surface area contributed by atoms with Crippen LogP contribution in [0.1, 0.15) is 31.4 Å². The molecule has 4 nitrogen and oxygen atoms in total. The van der Waals surface area contributed by atoms with Crippen LogP contribution in [0.25, 0.3) is 0 Å². The fourth-order valence-electron chi connectivity index (χ4n) is 2.66. The van der Waals surface area contributed by atoms with Crippen molar-refractivity contribution < 1.29 is 9.53 Å². The highest BCUT2D eigenvalue weighted by Gasteiger charge is 2.16. The van der Waals surface area contributed by atoms with Gasteiger partial charge >= 0.3 is 0 Å². The number of hydrogen-bond donors (Lipinski definition) is 1. The molecular weight excluding hydrogens is 252 g/mol. The quantitative estimate of drug-likeness (QED) is 0.891. The Morgan fingerprint density at radius 2 is 2.10 bits per heavy atom. The summed E-state index contributed by atoms with van der Waals surface area (Å²) in [4.78, 5) is 13.7. The molecule has 1 aromatic rings. The Morgan fingerprint density at radius 1 is 1.35 bits per heavy atom. The van der Waals surface area contributed by atoms with Gasteiger partial charge in [0, 0.05) is 19.1 Å². The van der Waals surface area contributed by atoms with Crippen LogP contribution >= 0.6 is 0 Å². The molecule has 0 spiro atoms. The normalized spacial score (nSPS) is 17.4. The van der Waals surface area contributed by atoms with Gasteiger partial charge in [0.1, 0.15) is 5.75 Å². The van der Waals surface area contributed by atoms with Gasteiger partial charge in [-0.1, -0.05) is 6.07 Å². The minimum Gasteiger partial charge on any atom is -0.484 e. The largest absolute Gasteiger partial charge is 0.484 e. The molecule has 0 saturated carbocycles. The summed E-state index contributed by atoms with van der Waals surface area (Å²) in [7, 11) is 0. The molecule has 1 aromatic carbocycles. The zero-order valence-electron chi connectivity index (χ0n) is 12.4. The summed E-state index contributed by atoms with van der Waals surface area (Å²) in [6, 6.07) is 6.32. The zero-order valence-corrected chi connectivity index (χ0v) is 12.4. The molecule has 1 amide bonds. The number of nitrogens with zero attached hydrogens (tertiary/aromatic N) is 1. The average Bonchev–Trinajstić information content (AvgIpc) is 2.46. The van der Waals surface area contributed by atoms with E-state index in [0.717, 1.165) is 38.1 Å². The monoisotopic (exact) mass is 276 g/mol. The van der Waals surface area contributed by atoms with Crippen LogP contribution < -0.4 is 10.5 Å². The Kier molecular flexibility index (Phi) is 5.01. The van der Waals surface area contributed by atoms with E-state index in [-0.39, 0.29) is 18.6 Å². The average molecular weight is 276 g/mol. The fourth-order valence-corrected chi connectivity index (χ4v) is 2.66. The number of ether oxygens (including phenoxy) is 1. The molecule has 2 rings (SSSR count). The first-order chi connectivity index (χ1) is 9.63. The van der Waals surface area contributed by atoms with Gasteiger partial charge < -0.3 is 15.4 Å². The molecule has 4 heteroatoms. The van der Waals surface area contributed by atoms with E-state index in [1.807, 2.05) is 26.0 Å². The summed E-state index contributed by atoms with van der Waals surface area (Å²) in [5.41, 5.74) is 8.61. The third kappa shape index (κ3) is 3.51. The van der Waals surface area contributed by atoms with Crippen LogP contribution in [0.4, 0.5) is 0 Å². The molecule has 0 heterocycles. The summed E-state index contributed by atoms with van der Waals surface area (Å²) in [6.45, 7) is 5.49. The van der Waals surface area contributed by atoms with E-state index in [9.17, 15) is 4.79 Å². The Labute approximate surface area is 120 Å². The Balaban J connectivity index is 1.97. The lowest BCUT2D eigenvalue weighted by molar-refractivity contribution is -0.132. The summed E-state index contributed by atoms with van der Waals surface area (Å²) in [5, 5.41) is 0. The minimum atomic E-state index is 0.0319. The molecule has 0 saturated heterocycles. The molecular formula is C16H24N2O2. The van der Waals surface area contributed by atoms with Crippen LogP contribution in [-0.4, -0.2) is 36.5 Å². The van der Waals surface area contributed by atoms with Crippen molar-refractivity contribution in [1.29, 1.82) is 0 Å². The summed E-state index contributed by atoms with van der Waals surface area (Å²) >= 11 is 0. The van der Waals surface area contributed by atoms with Crippen LogP contribution in [-0.2, 0) is 17.6 Å². The third-order valence-corrected chi connectivity index (χ3v) is 3.92. The second-order valence-electron chi connectivity index (χ2n) is 5.29. The lowest BCUT2D eigenvalue weighted by Gasteiger charge is -2.22. The lowest BCUT2D eigenvalue weighted by atomic mass is 9.89. The van der Waals surface area contributed by atoms with Crippen LogP contribution in [0.3, 0.4) is 0 Å². The van der Waals surface area contributed by atoms with E-state index < -0.39 is 0 Å². The van der Waals surface area contributed by atoms with Gasteiger partial charge in [-0.3, -0.25) is 4.79 Å². The first-order valence-electron chi connectivity index (χ1n) is 7.42. The van der Waals surface area contributed by atoms with Crippen molar-refractivity contribution in [3.63, 3.8) is 0 Å². The van der Waals surface area contributed by atoms with E-state index in [4.69, 9.17) is 10.5 Å². The van der Waals surface area contributed by atoms with Gasteiger partial charge in [-0.2, -0.15) is 0 Å². The molecule has 2 N–H and O–H groups in total. The number of fused-ring (bicyclic) bond motifs is 1. The summed E-state index contributed by atoms with van der Waals surface area (Å²) in [6.07, 6.45) is 2.99. The van der Waals surface area contributed by atoms with Crippen molar-refractivity contribution in [1.82, 2.24) is 4.90 Å². The third-order valence-electron chi connectivity index (χ3n) is 3.92. The van der Waals surface area contributed by atoms with Crippen molar-refractivity contribution in [2.75, 3.05) is 19.7 Å². The van der Waals surface area contributed by atoms with Crippen LogP contribution in [0, 0.1) is 0 Å². The Bertz CT molecular complexity index is 470.